The molecule has 0 bridgehead atoms. The van der Waals surface area contributed by atoms with Crippen molar-refractivity contribution >= 4 is 29.2 Å². The molecule has 30 heavy (non-hydrogen) atoms. The van der Waals surface area contributed by atoms with Crippen LogP contribution in [0.15, 0.2) is 53.5 Å². The quantitative estimate of drug-likeness (QED) is 0.359. The second kappa shape index (κ2) is 10.9. The predicted octanol–water partition coefficient (Wildman–Crippen LogP) is 3.60. The summed E-state index contributed by atoms with van der Waals surface area (Å²) in [5, 5.41) is 9.98. The molecule has 1 aliphatic heterocycles. The van der Waals surface area contributed by atoms with Crippen molar-refractivity contribution in [3.05, 3.63) is 64.7 Å². The topological polar surface area (TPSA) is 68.8 Å². The Morgan fingerprint density at radius 3 is 2.57 bits per heavy atom. The number of anilines is 1. The third-order valence-electron chi connectivity index (χ3n) is 5.24. The number of rotatable bonds is 7. The van der Waals surface area contributed by atoms with E-state index in [1.54, 1.807) is 31.3 Å². The van der Waals surface area contributed by atoms with Gasteiger partial charge in [0, 0.05) is 38.9 Å². The molecular formula is C23H30ClN5O. The summed E-state index contributed by atoms with van der Waals surface area (Å²) in [5.41, 5.74) is 2.98. The van der Waals surface area contributed by atoms with Gasteiger partial charge in [-0.3, -0.25) is 9.79 Å². The van der Waals surface area contributed by atoms with Crippen LogP contribution in [0.2, 0.25) is 5.02 Å². The summed E-state index contributed by atoms with van der Waals surface area (Å²) in [4.78, 5) is 18.9. The molecule has 1 heterocycles. The van der Waals surface area contributed by atoms with E-state index < -0.39 is 0 Å². The van der Waals surface area contributed by atoms with Crippen molar-refractivity contribution in [1.29, 1.82) is 0 Å². The molecule has 1 unspecified atom stereocenters. The van der Waals surface area contributed by atoms with Gasteiger partial charge in [-0.05, 0) is 49.6 Å². The number of aliphatic imine (C=N–C) groups is 1. The summed E-state index contributed by atoms with van der Waals surface area (Å²) < 4.78 is 0. The normalized spacial score (nSPS) is 15.0. The van der Waals surface area contributed by atoms with Crippen LogP contribution in [0.1, 0.15) is 41.7 Å². The molecule has 160 valence electrons. The molecule has 2 aromatic rings. The summed E-state index contributed by atoms with van der Waals surface area (Å²) >= 11 is 6.06. The smallest absolute Gasteiger partial charge is 0.252 e. The maximum atomic E-state index is 12.2. The molecule has 1 amide bonds. The number of nitrogens with zero attached hydrogens (tertiary/aromatic N) is 2. The zero-order valence-corrected chi connectivity index (χ0v) is 18.4. The standard InChI is InChI=1S/C23H30ClN5O/c1-17(18-8-7-9-19(16-18)29-14-5-6-15-29)28-23(25-2)27-13-12-26-22(30)20-10-3-4-11-21(20)24/h3-4,7-11,16-17H,5-6,12-15H2,1-2H3,(H,26,30)(H2,25,27,28). The molecule has 2 aromatic carbocycles. The molecule has 1 fully saturated rings. The highest BCUT2D eigenvalue weighted by Crippen LogP contribution is 2.23. The SMILES string of the molecule is CN=C(NCCNC(=O)c1ccccc1Cl)NC(C)c1cccc(N2CCCC2)c1. The van der Waals surface area contributed by atoms with Gasteiger partial charge in [-0.25, -0.2) is 0 Å². The van der Waals surface area contributed by atoms with Gasteiger partial charge in [0.1, 0.15) is 0 Å². The van der Waals surface area contributed by atoms with Crippen LogP contribution in [0, 0.1) is 0 Å². The van der Waals surface area contributed by atoms with Crippen molar-refractivity contribution < 1.29 is 4.79 Å². The fourth-order valence-electron chi connectivity index (χ4n) is 3.55. The molecular weight excluding hydrogens is 398 g/mol. The highest BCUT2D eigenvalue weighted by molar-refractivity contribution is 6.33. The number of benzene rings is 2. The van der Waals surface area contributed by atoms with Gasteiger partial charge < -0.3 is 20.9 Å². The maximum absolute atomic E-state index is 12.2. The van der Waals surface area contributed by atoms with Crippen molar-refractivity contribution in [1.82, 2.24) is 16.0 Å². The summed E-state index contributed by atoms with van der Waals surface area (Å²) in [5.74, 6) is 0.513. The number of carbonyl (C=O) groups excluding carboxylic acids is 1. The van der Waals surface area contributed by atoms with E-state index in [2.05, 4.69) is 57.0 Å². The number of hydrogen-bond donors (Lipinski definition) is 3. The molecule has 7 heteroatoms. The Hall–Kier alpha value is -2.73. The first-order valence-corrected chi connectivity index (χ1v) is 10.8. The zero-order chi connectivity index (χ0) is 21.3. The van der Waals surface area contributed by atoms with Gasteiger partial charge in [0.15, 0.2) is 5.96 Å². The second-order valence-corrected chi connectivity index (χ2v) is 7.80. The average Bonchev–Trinajstić information content (AvgIpc) is 3.31. The molecule has 3 rings (SSSR count). The van der Waals surface area contributed by atoms with Crippen LogP contribution in [-0.2, 0) is 0 Å². The summed E-state index contributed by atoms with van der Waals surface area (Å²) in [6.45, 7) is 5.40. The fourth-order valence-corrected chi connectivity index (χ4v) is 3.77. The summed E-state index contributed by atoms with van der Waals surface area (Å²) in [6.07, 6.45) is 2.53. The van der Waals surface area contributed by atoms with Gasteiger partial charge in [-0.1, -0.05) is 35.9 Å². The van der Waals surface area contributed by atoms with Crippen LogP contribution >= 0.6 is 11.6 Å². The van der Waals surface area contributed by atoms with E-state index in [0.717, 1.165) is 13.1 Å². The van der Waals surface area contributed by atoms with Gasteiger partial charge in [-0.15, -0.1) is 0 Å². The summed E-state index contributed by atoms with van der Waals surface area (Å²) in [7, 11) is 1.74. The molecule has 1 aliphatic rings. The van der Waals surface area contributed by atoms with Gasteiger partial charge in [0.05, 0.1) is 16.6 Å². The van der Waals surface area contributed by atoms with Crippen molar-refractivity contribution in [3.63, 3.8) is 0 Å². The zero-order valence-electron chi connectivity index (χ0n) is 17.6. The molecule has 0 spiro atoms. The number of amides is 1. The van der Waals surface area contributed by atoms with Crippen molar-refractivity contribution in [3.8, 4) is 0 Å². The van der Waals surface area contributed by atoms with E-state index in [4.69, 9.17) is 11.6 Å². The number of hydrogen-bond acceptors (Lipinski definition) is 3. The highest BCUT2D eigenvalue weighted by atomic mass is 35.5. The van der Waals surface area contributed by atoms with E-state index in [9.17, 15) is 4.79 Å². The largest absolute Gasteiger partial charge is 0.372 e. The Bertz CT molecular complexity index is 879. The van der Waals surface area contributed by atoms with Crippen LogP contribution in [0.4, 0.5) is 5.69 Å². The van der Waals surface area contributed by atoms with Crippen LogP contribution in [-0.4, -0.2) is 45.1 Å². The molecule has 0 radical (unpaired) electrons. The second-order valence-electron chi connectivity index (χ2n) is 7.39. The van der Waals surface area contributed by atoms with Crippen LogP contribution < -0.4 is 20.9 Å². The van der Waals surface area contributed by atoms with E-state index in [1.807, 2.05) is 0 Å². The molecule has 1 atom stereocenters. The Kier molecular flexibility index (Phi) is 7.97. The third kappa shape index (κ3) is 5.89. The molecule has 1 saturated heterocycles. The van der Waals surface area contributed by atoms with Crippen molar-refractivity contribution in [2.45, 2.75) is 25.8 Å². The monoisotopic (exact) mass is 427 g/mol. The Labute approximate surface area is 183 Å². The molecule has 0 saturated carbocycles. The highest BCUT2D eigenvalue weighted by Gasteiger charge is 2.14. The van der Waals surface area contributed by atoms with Gasteiger partial charge in [-0.2, -0.15) is 0 Å². The number of halogens is 1. The molecule has 3 N–H and O–H groups in total. The van der Waals surface area contributed by atoms with E-state index in [1.165, 1.54) is 24.1 Å². The predicted molar refractivity (Wildman–Crippen MR) is 125 cm³/mol. The number of carbonyl (C=O) groups is 1. The van der Waals surface area contributed by atoms with Crippen LogP contribution in [0.3, 0.4) is 0 Å². The van der Waals surface area contributed by atoms with E-state index in [-0.39, 0.29) is 11.9 Å². The van der Waals surface area contributed by atoms with Gasteiger partial charge in [0.2, 0.25) is 0 Å². The van der Waals surface area contributed by atoms with Crippen LogP contribution in [0.25, 0.3) is 0 Å². The lowest BCUT2D eigenvalue weighted by Crippen LogP contribution is -2.42. The Morgan fingerprint density at radius 2 is 1.83 bits per heavy atom. The molecule has 0 aliphatic carbocycles. The lowest BCUT2D eigenvalue weighted by atomic mass is 10.1. The minimum atomic E-state index is -0.183. The Balaban J connectivity index is 1.47. The van der Waals surface area contributed by atoms with Crippen LogP contribution in [0.5, 0.6) is 0 Å². The maximum Gasteiger partial charge on any atom is 0.252 e. The van der Waals surface area contributed by atoms with E-state index >= 15 is 0 Å². The third-order valence-corrected chi connectivity index (χ3v) is 5.57. The first kappa shape index (κ1) is 22.0. The minimum Gasteiger partial charge on any atom is -0.372 e. The summed E-state index contributed by atoms with van der Waals surface area (Å²) in [6, 6.07) is 15.8. The van der Waals surface area contributed by atoms with E-state index in [0.29, 0.717) is 29.6 Å². The molecule has 6 nitrogen and oxygen atoms in total. The lowest BCUT2D eigenvalue weighted by molar-refractivity contribution is 0.0954. The Morgan fingerprint density at radius 1 is 1.10 bits per heavy atom. The van der Waals surface area contributed by atoms with Gasteiger partial charge in [0.25, 0.3) is 5.91 Å². The van der Waals surface area contributed by atoms with Crippen molar-refractivity contribution in [2.24, 2.45) is 4.99 Å². The average molecular weight is 428 g/mol. The fraction of sp³-hybridized carbons (Fsp3) is 0.391. The number of nitrogens with one attached hydrogen (secondary N) is 3. The van der Waals surface area contributed by atoms with Gasteiger partial charge >= 0.3 is 0 Å². The first-order valence-electron chi connectivity index (χ1n) is 10.4. The minimum absolute atomic E-state index is 0.108. The first-order chi connectivity index (χ1) is 14.6. The molecule has 0 aromatic heterocycles. The lowest BCUT2D eigenvalue weighted by Gasteiger charge is -2.22. The number of guanidine groups is 1. The van der Waals surface area contributed by atoms with Crippen molar-refractivity contribution in [2.75, 3.05) is 38.1 Å².